The Morgan fingerprint density at radius 1 is 0.652 bits per heavy atom. The van der Waals surface area contributed by atoms with E-state index in [4.69, 9.17) is 0 Å². The first-order chi connectivity index (χ1) is 11.4. The summed E-state index contributed by atoms with van der Waals surface area (Å²) in [6.07, 6.45) is 3.74. The second kappa shape index (κ2) is 4.83. The second-order valence-electron chi connectivity index (χ2n) is 5.41. The molecule has 23 heavy (non-hydrogen) atoms. The van der Waals surface area contributed by atoms with Gasteiger partial charge in [0.2, 0.25) is 0 Å². The number of benzene rings is 2. The van der Waals surface area contributed by atoms with Crippen molar-refractivity contribution < 1.29 is 0 Å². The lowest BCUT2D eigenvalue weighted by molar-refractivity contribution is 1.25. The van der Waals surface area contributed by atoms with Gasteiger partial charge in [-0.1, -0.05) is 30.3 Å². The lowest BCUT2D eigenvalue weighted by Crippen LogP contribution is -1.90. The Kier molecular flexibility index (Phi) is 2.66. The van der Waals surface area contributed by atoms with Gasteiger partial charge in [0.1, 0.15) is 5.69 Å². The molecule has 0 amide bonds. The molecule has 0 unspecified atom stereocenters. The highest BCUT2D eigenvalue weighted by molar-refractivity contribution is 7.25. The summed E-state index contributed by atoms with van der Waals surface area (Å²) in [6, 6.07) is 18.4. The monoisotopic (exact) mass is 313 g/mol. The highest BCUT2D eigenvalue weighted by atomic mass is 32.1. The zero-order chi connectivity index (χ0) is 15.2. The van der Waals surface area contributed by atoms with Gasteiger partial charge in [-0.2, -0.15) is 0 Å². The smallest absolute Gasteiger partial charge is 0.108 e. The first-order valence-electron chi connectivity index (χ1n) is 7.38. The maximum absolute atomic E-state index is 4.69. The van der Waals surface area contributed by atoms with Crippen molar-refractivity contribution in [1.29, 1.82) is 0 Å². The van der Waals surface area contributed by atoms with Crippen LogP contribution in [-0.2, 0) is 0 Å². The number of para-hydroxylation sites is 2. The van der Waals surface area contributed by atoms with Crippen LogP contribution in [-0.4, -0.2) is 15.0 Å². The molecule has 0 aliphatic carbocycles. The van der Waals surface area contributed by atoms with Crippen LogP contribution < -0.4 is 0 Å². The van der Waals surface area contributed by atoms with Gasteiger partial charge in [-0.3, -0.25) is 9.97 Å². The number of aromatic nitrogens is 3. The molecule has 3 heterocycles. The van der Waals surface area contributed by atoms with Crippen LogP contribution in [0.1, 0.15) is 0 Å². The van der Waals surface area contributed by atoms with Crippen molar-refractivity contribution in [3.05, 3.63) is 67.0 Å². The fourth-order valence-corrected chi connectivity index (χ4v) is 3.96. The minimum absolute atomic E-state index is 0.808. The summed E-state index contributed by atoms with van der Waals surface area (Å²) in [6.45, 7) is 0. The lowest BCUT2D eigenvalue weighted by Gasteiger charge is -2.02. The highest BCUT2D eigenvalue weighted by Gasteiger charge is 2.09. The molecule has 0 bridgehead atoms. The average Bonchev–Trinajstić information content (AvgIpc) is 2.99. The number of hydrogen-bond donors (Lipinski definition) is 0. The van der Waals surface area contributed by atoms with E-state index in [1.807, 2.05) is 30.5 Å². The average molecular weight is 313 g/mol. The second-order valence-corrected chi connectivity index (χ2v) is 6.49. The van der Waals surface area contributed by atoms with Crippen molar-refractivity contribution in [3.8, 4) is 11.4 Å². The summed E-state index contributed by atoms with van der Waals surface area (Å²) in [7, 11) is 0. The third-order valence-corrected chi connectivity index (χ3v) is 5.11. The number of pyridine rings is 1. The van der Waals surface area contributed by atoms with Gasteiger partial charge in [0.25, 0.3) is 0 Å². The van der Waals surface area contributed by atoms with Crippen molar-refractivity contribution in [1.82, 2.24) is 15.0 Å². The van der Waals surface area contributed by atoms with Crippen molar-refractivity contribution in [2.45, 2.75) is 0 Å². The van der Waals surface area contributed by atoms with Crippen LogP contribution in [0.2, 0.25) is 0 Å². The molecule has 2 aromatic carbocycles. The Labute approximate surface area is 136 Å². The predicted octanol–water partition coefficient (Wildman–Crippen LogP) is 5.06. The van der Waals surface area contributed by atoms with Gasteiger partial charge in [0, 0.05) is 26.4 Å². The summed E-state index contributed by atoms with van der Waals surface area (Å²) < 4.78 is 2.51. The van der Waals surface area contributed by atoms with Crippen LogP contribution in [0.5, 0.6) is 0 Å². The molecule has 0 aliphatic heterocycles. The van der Waals surface area contributed by atoms with Crippen LogP contribution in [0.4, 0.5) is 0 Å². The van der Waals surface area contributed by atoms with E-state index >= 15 is 0 Å². The van der Waals surface area contributed by atoms with Crippen LogP contribution in [0.15, 0.2) is 67.0 Å². The van der Waals surface area contributed by atoms with E-state index in [-0.39, 0.29) is 0 Å². The molecule has 0 saturated carbocycles. The van der Waals surface area contributed by atoms with Gasteiger partial charge < -0.3 is 0 Å². The standard InChI is InChI=1S/C19H11N3S/c1-4-8-18-12(5-1)13-10-20-16(9-19(13)23-18)17-11-21-14-6-2-3-7-15(14)22-17/h1-11H. The Hall–Kier alpha value is -2.85. The van der Waals surface area contributed by atoms with E-state index < -0.39 is 0 Å². The zero-order valence-corrected chi connectivity index (χ0v) is 12.9. The summed E-state index contributed by atoms with van der Waals surface area (Å²) in [5.74, 6) is 0. The lowest BCUT2D eigenvalue weighted by atomic mass is 10.2. The first kappa shape index (κ1) is 12.7. The number of nitrogens with zero attached hydrogens (tertiary/aromatic N) is 3. The topological polar surface area (TPSA) is 38.7 Å². The van der Waals surface area contributed by atoms with E-state index in [9.17, 15) is 0 Å². The molecule has 4 heteroatoms. The van der Waals surface area contributed by atoms with Crippen LogP contribution in [0.25, 0.3) is 42.6 Å². The molecule has 5 rings (SSSR count). The maximum Gasteiger partial charge on any atom is 0.108 e. The van der Waals surface area contributed by atoms with Gasteiger partial charge in [0.15, 0.2) is 0 Å². The van der Waals surface area contributed by atoms with Crippen LogP contribution >= 0.6 is 11.3 Å². The molecule has 5 aromatic rings. The molecular formula is C19H11N3S. The molecule has 0 N–H and O–H groups in total. The number of fused-ring (bicyclic) bond motifs is 4. The predicted molar refractivity (Wildman–Crippen MR) is 95.7 cm³/mol. The number of thiophene rings is 1. The van der Waals surface area contributed by atoms with Gasteiger partial charge in [-0.25, -0.2) is 4.98 Å². The van der Waals surface area contributed by atoms with Crippen LogP contribution in [0.3, 0.4) is 0 Å². The third kappa shape index (κ3) is 1.99. The summed E-state index contributed by atoms with van der Waals surface area (Å²) in [5.41, 5.74) is 3.47. The molecule has 0 radical (unpaired) electrons. The molecule has 0 atom stereocenters. The Morgan fingerprint density at radius 2 is 1.48 bits per heavy atom. The van der Waals surface area contributed by atoms with E-state index in [2.05, 4.69) is 45.3 Å². The fraction of sp³-hybridized carbons (Fsp3) is 0. The summed E-state index contributed by atoms with van der Waals surface area (Å²) >= 11 is 1.79. The molecule has 3 nitrogen and oxygen atoms in total. The molecule has 108 valence electrons. The minimum atomic E-state index is 0.808. The van der Waals surface area contributed by atoms with Crippen molar-refractivity contribution in [3.63, 3.8) is 0 Å². The SMILES string of the molecule is c1ccc2nc(-c3cc4sc5ccccc5c4cn3)cnc2c1. The minimum Gasteiger partial charge on any atom is -0.254 e. The normalized spacial score (nSPS) is 11.5. The van der Waals surface area contributed by atoms with Crippen molar-refractivity contribution in [2.24, 2.45) is 0 Å². The molecule has 0 spiro atoms. The molecule has 0 fully saturated rings. The van der Waals surface area contributed by atoms with Gasteiger partial charge >= 0.3 is 0 Å². The van der Waals surface area contributed by atoms with E-state index in [1.165, 1.54) is 20.2 Å². The quantitative estimate of drug-likeness (QED) is 0.434. The third-order valence-electron chi connectivity index (χ3n) is 3.97. The maximum atomic E-state index is 4.69. The first-order valence-corrected chi connectivity index (χ1v) is 8.19. The van der Waals surface area contributed by atoms with Crippen LogP contribution in [0, 0.1) is 0 Å². The Balaban J connectivity index is 1.73. The molecule has 3 aromatic heterocycles. The van der Waals surface area contributed by atoms with Gasteiger partial charge in [0.05, 0.1) is 22.9 Å². The number of hydrogen-bond acceptors (Lipinski definition) is 4. The molecular weight excluding hydrogens is 302 g/mol. The molecule has 0 aliphatic rings. The fourth-order valence-electron chi connectivity index (χ4n) is 2.84. The number of rotatable bonds is 1. The Morgan fingerprint density at radius 3 is 2.43 bits per heavy atom. The van der Waals surface area contributed by atoms with Gasteiger partial charge in [-0.05, 0) is 24.3 Å². The zero-order valence-electron chi connectivity index (χ0n) is 12.1. The van der Waals surface area contributed by atoms with Gasteiger partial charge in [-0.15, -0.1) is 11.3 Å². The molecule has 0 saturated heterocycles. The summed E-state index contributed by atoms with van der Waals surface area (Å²) in [4.78, 5) is 13.8. The van der Waals surface area contributed by atoms with E-state index in [1.54, 1.807) is 17.5 Å². The highest BCUT2D eigenvalue weighted by Crippen LogP contribution is 2.34. The van der Waals surface area contributed by atoms with E-state index in [0.29, 0.717) is 0 Å². The van der Waals surface area contributed by atoms with Crippen molar-refractivity contribution >= 4 is 42.5 Å². The summed E-state index contributed by atoms with van der Waals surface area (Å²) in [5, 5.41) is 2.46. The Bertz CT molecular complexity index is 1180. The largest absolute Gasteiger partial charge is 0.254 e. The van der Waals surface area contributed by atoms with Crippen molar-refractivity contribution in [2.75, 3.05) is 0 Å². The van der Waals surface area contributed by atoms with E-state index in [0.717, 1.165) is 22.4 Å².